The molecule has 0 aliphatic heterocycles. The third-order valence-electron chi connectivity index (χ3n) is 3.75. The van der Waals surface area contributed by atoms with Crippen LogP contribution in [0, 0.1) is 11.3 Å². The van der Waals surface area contributed by atoms with Gasteiger partial charge >= 0.3 is 0 Å². The number of carbonyl (C=O) groups excluding carboxylic acids is 1. The Hall–Kier alpha value is -0.240. The lowest BCUT2D eigenvalue weighted by Crippen LogP contribution is -2.36. The van der Waals surface area contributed by atoms with E-state index >= 15 is 0 Å². The Morgan fingerprint density at radius 2 is 2.25 bits per heavy atom. The van der Waals surface area contributed by atoms with Gasteiger partial charge in [-0.1, -0.05) is 25.5 Å². The Kier molecular flexibility index (Phi) is 4.66. The highest BCUT2D eigenvalue weighted by atomic mass is 32.2. The molecule has 2 heteroatoms. The minimum absolute atomic E-state index is 0.313. The molecule has 0 saturated carbocycles. The van der Waals surface area contributed by atoms with Crippen LogP contribution in [0.25, 0.3) is 0 Å². The largest absolute Gasteiger partial charge is 0.300 e. The third kappa shape index (κ3) is 3.13. The topological polar surface area (TPSA) is 17.1 Å². The molecule has 1 aliphatic carbocycles. The predicted molar refractivity (Wildman–Crippen MR) is 72.9 cm³/mol. The number of hydrogen-bond acceptors (Lipinski definition) is 2. The van der Waals surface area contributed by atoms with Gasteiger partial charge in [-0.3, -0.25) is 4.79 Å². The molecule has 0 N–H and O–H groups in total. The zero-order chi connectivity index (χ0) is 12.3. The minimum atomic E-state index is 0.313. The van der Waals surface area contributed by atoms with Crippen LogP contribution in [0.15, 0.2) is 11.6 Å². The zero-order valence-corrected chi connectivity index (χ0v) is 12.0. The molecule has 0 amide bonds. The van der Waals surface area contributed by atoms with Crippen molar-refractivity contribution in [2.45, 2.75) is 52.2 Å². The lowest BCUT2D eigenvalue weighted by Gasteiger charge is -2.42. The van der Waals surface area contributed by atoms with Gasteiger partial charge in [0.1, 0.15) is 5.78 Å². The van der Waals surface area contributed by atoms with E-state index in [1.165, 1.54) is 18.4 Å². The Morgan fingerprint density at radius 3 is 2.69 bits per heavy atom. The average Bonchev–Trinajstić information content (AvgIpc) is 2.13. The molecule has 1 nitrogen and oxygen atoms in total. The van der Waals surface area contributed by atoms with E-state index in [9.17, 15) is 4.79 Å². The molecule has 1 rings (SSSR count). The highest BCUT2D eigenvalue weighted by Gasteiger charge is 2.38. The molecule has 0 aromatic rings. The molecular weight excluding hydrogens is 216 g/mol. The second-order valence-electron chi connectivity index (χ2n) is 5.63. The van der Waals surface area contributed by atoms with Gasteiger partial charge < -0.3 is 0 Å². The summed E-state index contributed by atoms with van der Waals surface area (Å²) in [7, 11) is 0. The summed E-state index contributed by atoms with van der Waals surface area (Å²) in [6.45, 7) is 8.63. The van der Waals surface area contributed by atoms with Crippen LogP contribution in [0.2, 0.25) is 0 Å². The van der Waals surface area contributed by atoms with Crippen molar-refractivity contribution in [2.75, 3.05) is 6.26 Å². The van der Waals surface area contributed by atoms with E-state index in [0.717, 1.165) is 0 Å². The van der Waals surface area contributed by atoms with Crippen molar-refractivity contribution in [3.05, 3.63) is 11.6 Å². The number of ketones is 1. The monoisotopic (exact) mass is 240 g/mol. The molecular formula is C14H24OS. The summed E-state index contributed by atoms with van der Waals surface area (Å²) in [6, 6.07) is 0. The maximum Gasteiger partial charge on any atom is 0.130 e. The number of Topliss-reactive ketones (excluding diaryl/α,β-unsaturated/α-hetero) is 1. The van der Waals surface area contributed by atoms with Gasteiger partial charge in [-0.2, -0.15) is 11.8 Å². The van der Waals surface area contributed by atoms with E-state index in [0.29, 0.717) is 28.8 Å². The predicted octanol–water partition coefficient (Wildman–Crippen LogP) is 4.08. The summed E-state index contributed by atoms with van der Waals surface area (Å²) >= 11 is 1.85. The normalized spacial score (nSPS) is 26.1. The van der Waals surface area contributed by atoms with Crippen molar-refractivity contribution in [1.82, 2.24) is 0 Å². The van der Waals surface area contributed by atoms with Crippen molar-refractivity contribution in [2.24, 2.45) is 11.3 Å². The summed E-state index contributed by atoms with van der Waals surface area (Å²) in [4.78, 5) is 11.3. The van der Waals surface area contributed by atoms with E-state index < -0.39 is 0 Å². The smallest absolute Gasteiger partial charge is 0.130 e. The van der Waals surface area contributed by atoms with E-state index in [1.807, 2.05) is 11.8 Å². The molecule has 16 heavy (non-hydrogen) atoms. The van der Waals surface area contributed by atoms with E-state index in [1.54, 1.807) is 6.92 Å². The summed E-state index contributed by atoms with van der Waals surface area (Å²) in [5.74, 6) is 0.869. The zero-order valence-electron chi connectivity index (χ0n) is 11.2. The molecule has 0 radical (unpaired) electrons. The third-order valence-corrected chi connectivity index (χ3v) is 4.79. The van der Waals surface area contributed by atoms with Crippen LogP contribution in [0.3, 0.4) is 0 Å². The van der Waals surface area contributed by atoms with Gasteiger partial charge in [0.25, 0.3) is 0 Å². The fourth-order valence-electron chi connectivity index (χ4n) is 2.99. The lowest BCUT2D eigenvalue weighted by atomic mass is 9.66. The first-order valence-electron chi connectivity index (χ1n) is 6.07. The molecule has 0 aromatic heterocycles. The Labute approximate surface area is 104 Å². The molecule has 0 spiro atoms. The first-order chi connectivity index (χ1) is 7.38. The van der Waals surface area contributed by atoms with Gasteiger partial charge in [-0.25, -0.2) is 0 Å². The van der Waals surface area contributed by atoms with Crippen molar-refractivity contribution in [1.29, 1.82) is 0 Å². The van der Waals surface area contributed by atoms with Gasteiger partial charge in [-0.15, -0.1) is 0 Å². The van der Waals surface area contributed by atoms with Crippen molar-refractivity contribution in [3.63, 3.8) is 0 Å². The Morgan fingerprint density at radius 1 is 1.62 bits per heavy atom. The fourth-order valence-corrected chi connectivity index (χ4v) is 4.24. The van der Waals surface area contributed by atoms with Gasteiger partial charge in [0.05, 0.1) is 0 Å². The first kappa shape index (κ1) is 13.8. The molecule has 0 aromatic carbocycles. The molecule has 1 aliphatic rings. The highest BCUT2D eigenvalue weighted by molar-refractivity contribution is 7.99. The number of rotatable bonds is 4. The average molecular weight is 240 g/mol. The highest BCUT2D eigenvalue weighted by Crippen LogP contribution is 2.46. The fraction of sp³-hybridized carbons (Fsp3) is 0.786. The summed E-state index contributed by atoms with van der Waals surface area (Å²) in [5, 5.41) is 0.448. The molecule has 2 unspecified atom stereocenters. The van der Waals surface area contributed by atoms with E-state index in [2.05, 4.69) is 33.1 Å². The SMILES string of the molecule is CSC(CC(C)=O)C1C(C)=CCCC1(C)C. The van der Waals surface area contributed by atoms with Gasteiger partial charge in [0.2, 0.25) is 0 Å². The quantitative estimate of drug-likeness (QED) is 0.689. The van der Waals surface area contributed by atoms with Gasteiger partial charge in [0.15, 0.2) is 0 Å². The van der Waals surface area contributed by atoms with Crippen LogP contribution < -0.4 is 0 Å². The van der Waals surface area contributed by atoms with Crippen molar-refractivity contribution in [3.8, 4) is 0 Å². The van der Waals surface area contributed by atoms with Crippen LogP contribution in [0.4, 0.5) is 0 Å². The molecule has 0 fully saturated rings. The van der Waals surface area contributed by atoms with Gasteiger partial charge in [-0.05, 0) is 44.3 Å². The van der Waals surface area contributed by atoms with Crippen molar-refractivity contribution >= 4 is 17.5 Å². The molecule has 92 valence electrons. The first-order valence-corrected chi connectivity index (χ1v) is 7.36. The summed E-state index contributed by atoms with van der Waals surface area (Å²) in [5.41, 5.74) is 1.82. The van der Waals surface area contributed by atoms with Crippen molar-refractivity contribution < 1.29 is 4.79 Å². The number of thioether (sulfide) groups is 1. The standard InChI is InChI=1S/C14H24OS/c1-10-7-6-8-14(3,4)13(10)12(16-5)9-11(2)15/h7,12-13H,6,8-9H2,1-5H3. The van der Waals surface area contributed by atoms with Gasteiger partial charge in [0, 0.05) is 11.7 Å². The van der Waals surface area contributed by atoms with Crippen LogP contribution in [0.1, 0.15) is 47.0 Å². The van der Waals surface area contributed by atoms with Crippen LogP contribution >= 0.6 is 11.8 Å². The molecule has 0 bridgehead atoms. The summed E-state index contributed by atoms with van der Waals surface area (Å²) < 4.78 is 0. The number of carbonyl (C=O) groups is 1. The number of allylic oxidation sites excluding steroid dienone is 2. The Bertz CT molecular complexity index is 291. The molecule has 0 heterocycles. The molecule has 2 atom stereocenters. The maximum absolute atomic E-state index is 11.3. The minimum Gasteiger partial charge on any atom is -0.300 e. The van der Waals surface area contributed by atoms with Crippen LogP contribution in [-0.2, 0) is 4.79 Å². The number of hydrogen-bond donors (Lipinski definition) is 0. The summed E-state index contributed by atoms with van der Waals surface area (Å²) in [6.07, 6.45) is 7.63. The van der Waals surface area contributed by atoms with E-state index in [4.69, 9.17) is 0 Å². The van der Waals surface area contributed by atoms with Crippen LogP contribution in [0.5, 0.6) is 0 Å². The maximum atomic E-state index is 11.3. The molecule has 0 saturated heterocycles. The Balaban J connectivity index is 2.91. The van der Waals surface area contributed by atoms with Crippen LogP contribution in [-0.4, -0.2) is 17.3 Å². The lowest BCUT2D eigenvalue weighted by molar-refractivity contribution is -0.117. The second-order valence-corrected chi connectivity index (χ2v) is 6.71. The van der Waals surface area contributed by atoms with E-state index in [-0.39, 0.29) is 0 Å². The second kappa shape index (κ2) is 5.39.